The zero-order chi connectivity index (χ0) is 9.26. The Morgan fingerprint density at radius 2 is 2.54 bits per heavy atom. The van der Waals surface area contributed by atoms with Crippen molar-refractivity contribution >= 4 is 5.97 Å². The van der Waals surface area contributed by atoms with Gasteiger partial charge in [-0.2, -0.15) is 5.10 Å². The lowest BCUT2D eigenvalue weighted by atomic mass is 10.2. The highest BCUT2D eigenvalue weighted by Crippen LogP contribution is 2.16. The van der Waals surface area contributed by atoms with E-state index >= 15 is 0 Å². The number of nitrogens with zero attached hydrogens (tertiary/aromatic N) is 2. The minimum absolute atomic E-state index is 0.0353. The van der Waals surface area contributed by atoms with Gasteiger partial charge in [0.25, 0.3) is 0 Å². The van der Waals surface area contributed by atoms with Crippen molar-refractivity contribution in [3.63, 3.8) is 0 Å². The summed E-state index contributed by atoms with van der Waals surface area (Å²) in [6, 6.07) is 0.294. The number of carboxylic acids is 1. The molecule has 1 saturated heterocycles. The molecule has 0 unspecified atom stereocenters. The molecule has 2 heterocycles. The van der Waals surface area contributed by atoms with E-state index < -0.39 is 5.97 Å². The van der Waals surface area contributed by atoms with Crippen molar-refractivity contribution < 1.29 is 14.6 Å². The van der Waals surface area contributed by atoms with Crippen molar-refractivity contribution in [2.45, 2.75) is 12.5 Å². The summed E-state index contributed by atoms with van der Waals surface area (Å²) >= 11 is 0. The van der Waals surface area contributed by atoms with Crippen molar-refractivity contribution in [3.8, 4) is 0 Å². The number of aliphatic carboxylic acids is 1. The molecule has 0 aromatic carbocycles. The van der Waals surface area contributed by atoms with Gasteiger partial charge < -0.3 is 9.84 Å². The third-order valence-corrected chi connectivity index (χ3v) is 2.00. The molecule has 0 bridgehead atoms. The fraction of sp³-hybridized carbons (Fsp3) is 0.500. The fourth-order valence-corrected chi connectivity index (χ4v) is 1.22. The largest absolute Gasteiger partial charge is 0.481 e. The van der Waals surface area contributed by atoms with E-state index in [-0.39, 0.29) is 6.42 Å². The van der Waals surface area contributed by atoms with E-state index in [1.54, 1.807) is 17.1 Å². The van der Waals surface area contributed by atoms with Gasteiger partial charge in [-0.3, -0.25) is 9.48 Å². The van der Waals surface area contributed by atoms with Crippen molar-refractivity contribution in [1.82, 2.24) is 9.78 Å². The summed E-state index contributed by atoms with van der Waals surface area (Å²) in [5.74, 6) is -0.829. The second-order valence-corrected chi connectivity index (χ2v) is 3.09. The van der Waals surface area contributed by atoms with Crippen molar-refractivity contribution in [1.29, 1.82) is 0 Å². The van der Waals surface area contributed by atoms with Gasteiger partial charge in [-0.05, 0) is 0 Å². The highest BCUT2D eigenvalue weighted by Gasteiger charge is 2.21. The Kier molecular flexibility index (Phi) is 2.02. The van der Waals surface area contributed by atoms with E-state index in [9.17, 15) is 4.79 Å². The van der Waals surface area contributed by atoms with Crippen LogP contribution in [0.15, 0.2) is 12.4 Å². The Balaban J connectivity index is 2.04. The summed E-state index contributed by atoms with van der Waals surface area (Å²) in [7, 11) is 0. The van der Waals surface area contributed by atoms with Gasteiger partial charge in [-0.25, -0.2) is 0 Å². The minimum atomic E-state index is -0.829. The Labute approximate surface area is 74.9 Å². The molecule has 5 heteroatoms. The van der Waals surface area contributed by atoms with Crippen LogP contribution in [0.1, 0.15) is 11.6 Å². The van der Waals surface area contributed by atoms with E-state index in [1.165, 1.54) is 0 Å². The van der Waals surface area contributed by atoms with Gasteiger partial charge >= 0.3 is 5.97 Å². The van der Waals surface area contributed by atoms with Gasteiger partial charge in [0, 0.05) is 11.8 Å². The van der Waals surface area contributed by atoms with E-state index in [4.69, 9.17) is 9.84 Å². The molecule has 1 aromatic rings. The average Bonchev–Trinajstić information content (AvgIpc) is 2.31. The Morgan fingerprint density at radius 1 is 1.77 bits per heavy atom. The Morgan fingerprint density at radius 3 is 3.08 bits per heavy atom. The van der Waals surface area contributed by atoms with Crippen molar-refractivity contribution in [3.05, 3.63) is 18.0 Å². The van der Waals surface area contributed by atoms with E-state index in [0.717, 1.165) is 5.56 Å². The molecule has 1 fully saturated rings. The van der Waals surface area contributed by atoms with Crippen LogP contribution in [0.25, 0.3) is 0 Å². The molecular weight excluding hydrogens is 172 g/mol. The first-order valence-corrected chi connectivity index (χ1v) is 4.08. The third-order valence-electron chi connectivity index (χ3n) is 2.00. The van der Waals surface area contributed by atoms with Crippen LogP contribution in [0.4, 0.5) is 0 Å². The number of carboxylic acid groups (broad SMARTS) is 1. The molecule has 0 saturated carbocycles. The predicted molar refractivity (Wildman–Crippen MR) is 43.4 cm³/mol. The van der Waals surface area contributed by atoms with Crippen LogP contribution < -0.4 is 0 Å². The Bertz CT molecular complexity index is 317. The van der Waals surface area contributed by atoms with Gasteiger partial charge in [0.1, 0.15) is 0 Å². The lowest BCUT2D eigenvalue weighted by Crippen LogP contribution is -2.30. The quantitative estimate of drug-likeness (QED) is 0.719. The average molecular weight is 182 g/mol. The molecule has 2 rings (SSSR count). The molecule has 5 nitrogen and oxygen atoms in total. The number of hydrogen-bond acceptors (Lipinski definition) is 3. The first kappa shape index (κ1) is 8.25. The number of rotatable bonds is 3. The fourth-order valence-electron chi connectivity index (χ4n) is 1.22. The molecule has 13 heavy (non-hydrogen) atoms. The summed E-state index contributed by atoms with van der Waals surface area (Å²) in [6.07, 6.45) is 3.39. The first-order valence-electron chi connectivity index (χ1n) is 4.08. The normalized spacial score (nSPS) is 16.9. The molecule has 1 aliphatic heterocycles. The zero-order valence-corrected chi connectivity index (χ0v) is 7.01. The number of carbonyl (C=O) groups is 1. The lowest BCUT2D eigenvalue weighted by molar-refractivity contribution is -0.136. The Hall–Kier alpha value is -1.36. The van der Waals surface area contributed by atoms with Crippen LogP contribution >= 0.6 is 0 Å². The smallest absolute Gasteiger partial charge is 0.307 e. The second-order valence-electron chi connectivity index (χ2n) is 3.09. The van der Waals surface area contributed by atoms with Crippen LogP contribution in [0.3, 0.4) is 0 Å². The van der Waals surface area contributed by atoms with Gasteiger partial charge in [0.2, 0.25) is 0 Å². The molecule has 1 aliphatic rings. The zero-order valence-electron chi connectivity index (χ0n) is 7.01. The summed E-state index contributed by atoms with van der Waals surface area (Å²) in [6.45, 7) is 1.35. The summed E-state index contributed by atoms with van der Waals surface area (Å²) < 4.78 is 6.77. The van der Waals surface area contributed by atoms with E-state index in [1.807, 2.05) is 0 Å². The molecular formula is C8H10N2O3. The minimum Gasteiger partial charge on any atom is -0.481 e. The molecule has 0 spiro atoms. The van der Waals surface area contributed by atoms with E-state index in [2.05, 4.69) is 5.10 Å². The maximum atomic E-state index is 10.4. The van der Waals surface area contributed by atoms with Crippen LogP contribution in [0.2, 0.25) is 0 Å². The maximum absolute atomic E-state index is 10.4. The van der Waals surface area contributed by atoms with Crippen LogP contribution in [0.5, 0.6) is 0 Å². The van der Waals surface area contributed by atoms with Crippen LogP contribution in [-0.4, -0.2) is 34.1 Å². The van der Waals surface area contributed by atoms with Gasteiger partial charge in [-0.1, -0.05) is 0 Å². The summed E-state index contributed by atoms with van der Waals surface area (Å²) in [5.41, 5.74) is 0.736. The standard InChI is InChI=1S/C8H10N2O3/c11-8(12)1-6-2-9-10(3-6)7-4-13-5-7/h2-3,7H,1,4-5H2,(H,11,12). The molecule has 1 N–H and O–H groups in total. The third kappa shape index (κ3) is 1.70. The second kappa shape index (κ2) is 3.18. The van der Waals surface area contributed by atoms with Crippen molar-refractivity contribution in [2.75, 3.05) is 13.2 Å². The summed E-state index contributed by atoms with van der Waals surface area (Å²) in [4.78, 5) is 10.4. The lowest BCUT2D eigenvalue weighted by Gasteiger charge is -2.25. The highest BCUT2D eigenvalue weighted by molar-refractivity contribution is 5.69. The van der Waals surface area contributed by atoms with Crippen molar-refractivity contribution in [2.24, 2.45) is 0 Å². The highest BCUT2D eigenvalue weighted by atomic mass is 16.5. The van der Waals surface area contributed by atoms with Crippen LogP contribution in [0, 0.1) is 0 Å². The molecule has 1 aromatic heterocycles. The topological polar surface area (TPSA) is 64.3 Å². The van der Waals surface area contributed by atoms with Gasteiger partial charge in [-0.15, -0.1) is 0 Å². The molecule has 0 atom stereocenters. The van der Waals surface area contributed by atoms with E-state index in [0.29, 0.717) is 19.3 Å². The number of hydrogen-bond donors (Lipinski definition) is 1. The molecule has 0 amide bonds. The SMILES string of the molecule is O=C(O)Cc1cnn(C2COC2)c1. The molecule has 70 valence electrons. The van der Waals surface area contributed by atoms with Gasteiger partial charge in [0.15, 0.2) is 0 Å². The number of aromatic nitrogens is 2. The monoisotopic (exact) mass is 182 g/mol. The number of ether oxygens (including phenoxy) is 1. The summed E-state index contributed by atoms with van der Waals surface area (Å²) in [5, 5.41) is 12.6. The maximum Gasteiger partial charge on any atom is 0.307 e. The predicted octanol–water partition coefficient (Wildman–Crippen LogP) is 0.0815. The first-order chi connectivity index (χ1) is 6.25. The van der Waals surface area contributed by atoms with Gasteiger partial charge in [0.05, 0.1) is 31.9 Å². The molecule has 0 radical (unpaired) electrons. The van der Waals surface area contributed by atoms with Crippen LogP contribution in [-0.2, 0) is 16.0 Å². The molecule has 0 aliphatic carbocycles.